The number of nitrogens with two attached hydrogens (primary N) is 2. The Morgan fingerprint density at radius 1 is 1.37 bits per heavy atom. The quantitative estimate of drug-likeness (QED) is 0.479. The van der Waals surface area contributed by atoms with E-state index in [0.717, 1.165) is 31.6 Å². The van der Waals surface area contributed by atoms with Crippen LogP contribution in [-0.2, 0) is 6.42 Å². The molecule has 3 aliphatic heterocycles. The molecule has 4 rings (SSSR count). The molecule has 104 valence electrons. The summed E-state index contributed by atoms with van der Waals surface area (Å²) in [6, 6.07) is 4.64. The smallest absolute Gasteiger partial charge is 0.126 e. The van der Waals surface area contributed by atoms with E-state index in [9.17, 15) is 0 Å². The van der Waals surface area contributed by atoms with Crippen molar-refractivity contribution in [2.45, 2.75) is 18.5 Å². The highest BCUT2D eigenvalue weighted by molar-refractivity contribution is 5.39. The number of anilines is 1. The van der Waals surface area contributed by atoms with E-state index in [0.29, 0.717) is 11.9 Å². The maximum absolute atomic E-state index is 5.93. The molecule has 0 saturated carbocycles. The Balaban J connectivity index is 1.73. The molecule has 3 aliphatic rings. The molecule has 4 heterocycles. The fourth-order valence-corrected chi connectivity index (χ4v) is 3.21. The van der Waals surface area contributed by atoms with E-state index in [2.05, 4.69) is 20.2 Å². The number of pyridine rings is 1. The van der Waals surface area contributed by atoms with Crippen molar-refractivity contribution >= 4 is 5.82 Å². The highest BCUT2D eigenvalue weighted by atomic mass is 15.4. The normalized spacial score (nSPS) is 31.3. The summed E-state index contributed by atoms with van der Waals surface area (Å²) in [6.07, 6.45) is 2.55. The van der Waals surface area contributed by atoms with E-state index in [1.807, 2.05) is 12.1 Å². The van der Waals surface area contributed by atoms with Crippen LogP contribution < -0.4 is 17.0 Å². The summed E-state index contributed by atoms with van der Waals surface area (Å²) in [6.45, 7) is 5.75. The lowest BCUT2D eigenvalue weighted by Gasteiger charge is -2.50. The van der Waals surface area contributed by atoms with Crippen molar-refractivity contribution in [3.63, 3.8) is 0 Å². The van der Waals surface area contributed by atoms with E-state index in [1.165, 1.54) is 13.1 Å². The van der Waals surface area contributed by atoms with Crippen LogP contribution in [0.5, 0.6) is 0 Å². The van der Waals surface area contributed by atoms with Gasteiger partial charge in [0.2, 0.25) is 0 Å². The number of piperazine rings is 3. The van der Waals surface area contributed by atoms with Crippen molar-refractivity contribution in [3.05, 3.63) is 23.9 Å². The Morgan fingerprint density at radius 3 is 2.74 bits per heavy atom. The number of nitrogens with one attached hydrogen (secondary N) is 1. The molecule has 2 atom stereocenters. The van der Waals surface area contributed by atoms with Gasteiger partial charge in [-0.3, -0.25) is 21.1 Å². The van der Waals surface area contributed by atoms with Crippen molar-refractivity contribution < 1.29 is 0 Å². The van der Waals surface area contributed by atoms with Gasteiger partial charge in [0.15, 0.2) is 0 Å². The van der Waals surface area contributed by atoms with Crippen LogP contribution in [0.25, 0.3) is 0 Å². The van der Waals surface area contributed by atoms with E-state index in [4.69, 9.17) is 11.6 Å². The van der Waals surface area contributed by atoms with Gasteiger partial charge in [-0.2, -0.15) is 0 Å². The Kier molecular flexibility index (Phi) is 3.65. The molecule has 0 amide bonds. The topological polar surface area (TPSA) is 83.4 Å². The molecule has 3 saturated heterocycles. The van der Waals surface area contributed by atoms with E-state index >= 15 is 0 Å². The lowest BCUT2D eigenvalue weighted by atomic mass is 9.95. The number of aromatic nitrogens is 1. The molecule has 3 fully saturated rings. The molecule has 2 unspecified atom stereocenters. The Labute approximate surface area is 113 Å². The molecule has 0 spiro atoms. The first-order chi connectivity index (χ1) is 9.28. The van der Waals surface area contributed by atoms with Crippen LogP contribution in [0.4, 0.5) is 5.82 Å². The van der Waals surface area contributed by atoms with Crippen molar-refractivity contribution in [1.82, 2.24) is 20.2 Å². The number of hydrogen-bond acceptors (Lipinski definition) is 6. The van der Waals surface area contributed by atoms with Gasteiger partial charge < -0.3 is 5.73 Å². The van der Waals surface area contributed by atoms with Gasteiger partial charge in [0.25, 0.3) is 0 Å². The standard InChI is InChI=1S/C13H22N6/c14-13-10(2-1-3-16-13)8-11(17-15)12-9-18-4-6-19(12)7-5-18/h1-3,11-12,17H,4-9,15H2,(H2,14,16). The molecule has 2 bridgehead atoms. The predicted molar refractivity (Wildman–Crippen MR) is 75.3 cm³/mol. The first-order valence-electron chi connectivity index (χ1n) is 6.90. The monoisotopic (exact) mass is 262 g/mol. The molecule has 19 heavy (non-hydrogen) atoms. The van der Waals surface area contributed by atoms with Crippen LogP contribution in [0.2, 0.25) is 0 Å². The zero-order valence-corrected chi connectivity index (χ0v) is 11.1. The second-order valence-electron chi connectivity index (χ2n) is 5.43. The molecule has 0 radical (unpaired) electrons. The third-order valence-corrected chi connectivity index (χ3v) is 4.37. The predicted octanol–water partition coefficient (Wildman–Crippen LogP) is -0.962. The van der Waals surface area contributed by atoms with Gasteiger partial charge in [-0.05, 0) is 18.1 Å². The third-order valence-electron chi connectivity index (χ3n) is 4.37. The summed E-state index contributed by atoms with van der Waals surface area (Å²) in [5.41, 5.74) is 9.98. The minimum Gasteiger partial charge on any atom is -0.383 e. The van der Waals surface area contributed by atoms with Crippen molar-refractivity contribution in [2.75, 3.05) is 38.5 Å². The van der Waals surface area contributed by atoms with Gasteiger partial charge in [-0.25, -0.2) is 4.98 Å². The van der Waals surface area contributed by atoms with Crippen LogP contribution in [-0.4, -0.2) is 59.6 Å². The summed E-state index contributed by atoms with van der Waals surface area (Å²) in [5.74, 6) is 6.39. The maximum Gasteiger partial charge on any atom is 0.126 e. The Hall–Kier alpha value is -1.21. The largest absolute Gasteiger partial charge is 0.383 e. The molecular formula is C13H22N6. The lowest BCUT2D eigenvalue weighted by molar-refractivity contribution is -0.00313. The first kappa shape index (κ1) is 12.8. The van der Waals surface area contributed by atoms with Crippen LogP contribution in [0.3, 0.4) is 0 Å². The second kappa shape index (κ2) is 5.42. The molecule has 1 aromatic heterocycles. The third kappa shape index (κ3) is 2.57. The summed E-state index contributed by atoms with van der Waals surface area (Å²) in [4.78, 5) is 9.20. The van der Waals surface area contributed by atoms with E-state index < -0.39 is 0 Å². The van der Waals surface area contributed by atoms with Gasteiger partial charge in [0.05, 0.1) is 0 Å². The number of fused-ring (bicyclic) bond motifs is 3. The average molecular weight is 262 g/mol. The van der Waals surface area contributed by atoms with Crippen LogP contribution in [0, 0.1) is 0 Å². The summed E-state index contributed by atoms with van der Waals surface area (Å²) < 4.78 is 0. The minimum atomic E-state index is 0.217. The van der Waals surface area contributed by atoms with Crippen molar-refractivity contribution in [2.24, 2.45) is 5.84 Å². The molecule has 6 heteroatoms. The fourth-order valence-electron chi connectivity index (χ4n) is 3.21. The van der Waals surface area contributed by atoms with Gasteiger partial charge in [0, 0.05) is 51.0 Å². The van der Waals surface area contributed by atoms with Gasteiger partial charge in [0.1, 0.15) is 5.82 Å². The second-order valence-corrected chi connectivity index (χ2v) is 5.43. The van der Waals surface area contributed by atoms with E-state index in [-0.39, 0.29) is 6.04 Å². The van der Waals surface area contributed by atoms with Crippen LogP contribution in [0.1, 0.15) is 5.56 Å². The number of hydrogen-bond donors (Lipinski definition) is 3. The van der Waals surface area contributed by atoms with Crippen LogP contribution in [0.15, 0.2) is 18.3 Å². The molecule has 5 N–H and O–H groups in total. The summed E-state index contributed by atoms with van der Waals surface area (Å²) in [7, 11) is 0. The zero-order valence-electron chi connectivity index (χ0n) is 11.1. The molecule has 6 nitrogen and oxygen atoms in total. The fraction of sp³-hybridized carbons (Fsp3) is 0.615. The number of nitrogens with zero attached hydrogens (tertiary/aromatic N) is 3. The summed E-state index contributed by atoms with van der Waals surface area (Å²) >= 11 is 0. The first-order valence-corrected chi connectivity index (χ1v) is 6.90. The average Bonchev–Trinajstić information content (AvgIpc) is 2.47. The highest BCUT2D eigenvalue weighted by Crippen LogP contribution is 2.21. The molecule has 1 aromatic rings. The highest BCUT2D eigenvalue weighted by Gasteiger charge is 2.36. The number of hydrazine groups is 1. The summed E-state index contributed by atoms with van der Waals surface area (Å²) in [5, 5.41) is 0. The van der Waals surface area contributed by atoms with Gasteiger partial charge >= 0.3 is 0 Å². The van der Waals surface area contributed by atoms with Crippen LogP contribution >= 0.6 is 0 Å². The Bertz CT molecular complexity index is 429. The number of nitrogen functional groups attached to an aromatic ring is 1. The Morgan fingerprint density at radius 2 is 2.16 bits per heavy atom. The van der Waals surface area contributed by atoms with Crippen molar-refractivity contribution in [1.29, 1.82) is 0 Å². The maximum atomic E-state index is 5.93. The lowest BCUT2D eigenvalue weighted by Crippen LogP contribution is -2.67. The number of rotatable bonds is 4. The van der Waals surface area contributed by atoms with E-state index in [1.54, 1.807) is 6.20 Å². The van der Waals surface area contributed by atoms with Crippen molar-refractivity contribution in [3.8, 4) is 0 Å². The molecular weight excluding hydrogens is 240 g/mol. The zero-order chi connectivity index (χ0) is 13.2. The van der Waals surface area contributed by atoms with Gasteiger partial charge in [-0.15, -0.1) is 0 Å². The minimum absolute atomic E-state index is 0.217. The SMILES string of the molecule is NNC(Cc1cccnc1N)C1CN2CCN1CC2. The molecule has 0 aromatic carbocycles. The van der Waals surface area contributed by atoms with Gasteiger partial charge in [-0.1, -0.05) is 6.07 Å². The molecule has 0 aliphatic carbocycles.